The maximum atomic E-state index is 12.6. The molecule has 26 heavy (non-hydrogen) atoms. The monoisotopic (exact) mass is 424 g/mol. The lowest BCUT2D eigenvalue weighted by molar-refractivity contribution is -0.746. The predicted octanol–water partition coefficient (Wildman–Crippen LogP) is 0.0914. The van der Waals surface area contributed by atoms with Gasteiger partial charge in [-0.3, -0.25) is 9.59 Å². The molecular weight excluding hydrogens is 408 g/mol. The number of ether oxygens (including phenoxy) is 1. The Kier molecular flexibility index (Phi) is 5.52. The molecule has 1 aliphatic heterocycles. The third-order valence-corrected chi connectivity index (χ3v) is 4.51. The Morgan fingerprint density at radius 1 is 1.46 bits per heavy atom. The molecule has 1 N–H and O–H groups in total. The smallest absolute Gasteiger partial charge is 0.252 e. The molecule has 0 spiro atoms. The zero-order valence-corrected chi connectivity index (χ0v) is 15.6. The van der Waals surface area contributed by atoms with Crippen LogP contribution in [0.1, 0.15) is 12.1 Å². The van der Waals surface area contributed by atoms with Crippen molar-refractivity contribution in [1.29, 1.82) is 0 Å². The molecule has 0 aliphatic carbocycles. The van der Waals surface area contributed by atoms with Gasteiger partial charge < -0.3 is 24.6 Å². The van der Waals surface area contributed by atoms with Crippen molar-refractivity contribution in [1.82, 2.24) is 10.2 Å². The fraction of sp³-hybridized carbons (Fsp3) is 0.375. The van der Waals surface area contributed by atoms with Crippen LogP contribution in [0.2, 0.25) is 0 Å². The molecule has 2 aromatic rings. The fourth-order valence-corrected chi connectivity index (χ4v) is 2.85. The van der Waals surface area contributed by atoms with E-state index in [1.807, 2.05) is 0 Å². The minimum atomic E-state index is -0.889. The SMILES string of the molecule is C[n+]1noc([O-])c1CN1CCOC(CC(=O)Nc2ccc(Br)cc2)C1=O. The normalized spacial score (nSPS) is 17.4. The van der Waals surface area contributed by atoms with Crippen LogP contribution in [0.15, 0.2) is 33.3 Å². The molecule has 9 nitrogen and oxygen atoms in total. The number of anilines is 1. The highest BCUT2D eigenvalue weighted by Crippen LogP contribution is 2.18. The Labute approximate surface area is 157 Å². The summed E-state index contributed by atoms with van der Waals surface area (Å²) in [4.78, 5) is 26.2. The van der Waals surface area contributed by atoms with Crippen LogP contribution in [0.4, 0.5) is 5.69 Å². The van der Waals surface area contributed by atoms with E-state index in [-0.39, 0.29) is 37.1 Å². The molecule has 1 atom stereocenters. The van der Waals surface area contributed by atoms with Gasteiger partial charge in [-0.1, -0.05) is 20.6 Å². The van der Waals surface area contributed by atoms with Crippen LogP contribution in [0, 0.1) is 0 Å². The molecule has 10 heteroatoms. The van der Waals surface area contributed by atoms with Crippen molar-refractivity contribution in [3.63, 3.8) is 0 Å². The first-order valence-electron chi connectivity index (χ1n) is 7.91. The van der Waals surface area contributed by atoms with Crippen molar-refractivity contribution in [3.8, 4) is 5.95 Å². The number of benzene rings is 1. The number of morpholine rings is 1. The zero-order valence-electron chi connectivity index (χ0n) is 14.0. The van der Waals surface area contributed by atoms with E-state index in [1.165, 1.54) is 9.58 Å². The van der Waals surface area contributed by atoms with Gasteiger partial charge in [-0.15, -0.1) is 0 Å². The van der Waals surface area contributed by atoms with Gasteiger partial charge in [0.2, 0.25) is 5.91 Å². The number of nitrogens with zero attached hydrogens (tertiary/aromatic N) is 3. The molecule has 0 bridgehead atoms. The Hall–Kier alpha value is -2.46. The highest BCUT2D eigenvalue weighted by Gasteiger charge is 2.33. The molecule has 3 rings (SSSR count). The number of hydrogen-bond donors (Lipinski definition) is 1. The Balaban J connectivity index is 1.60. The van der Waals surface area contributed by atoms with Crippen molar-refractivity contribution in [2.75, 3.05) is 18.5 Å². The number of aryl methyl sites for hydroxylation is 1. The van der Waals surface area contributed by atoms with Crippen molar-refractivity contribution >= 4 is 33.4 Å². The lowest BCUT2D eigenvalue weighted by Gasteiger charge is -2.31. The summed E-state index contributed by atoms with van der Waals surface area (Å²) in [6.07, 6.45) is -0.995. The van der Waals surface area contributed by atoms with E-state index in [4.69, 9.17) is 4.74 Å². The second-order valence-corrected chi connectivity index (χ2v) is 6.72. The van der Waals surface area contributed by atoms with Gasteiger partial charge in [-0.2, -0.15) is 0 Å². The summed E-state index contributed by atoms with van der Waals surface area (Å²) in [5, 5.41) is 17.9. The summed E-state index contributed by atoms with van der Waals surface area (Å²) in [6, 6.07) is 7.11. The third-order valence-electron chi connectivity index (χ3n) is 3.98. The van der Waals surface area contributed by atoms with Gasteiger partial charge >= 0.3 is 0 Å². The standard InChI is InChI=1S/C16H17BrN4O5/c1-20-12(16(24)26-19-20)9-21-6-7-25-13(15(21)23)8-14(22)18-11-4-2-10(17)3-5-11/h2-5,13H,6-9H2,1H3,(H-,18,19,22,24). The number of rotatable bonds is 5. The number of aromatic nitrogens is 2. The van der Waals surface area contributed by atoms with Crippen molar-refractivity contribution in [2.24, 2.45) is 7.05 Å². The molecule has 0 radical (unpaired) electrons. The van der Waals surface area contributed by atoms with E-state index in [0.717, 1.165) is 4.47 Å². The summed E-state index contributed by atoms with van der Waals surface area (Å²) in [6.45, 7) is 0.672. The molecular formula is C16H17BrN4O5. The molecule has 2 amide bonds. The highest BCUT2D eigenvalue weighted by atomic mass is 79.9. The van der Waals surface area contributed by atoms with Crippen molar-refractivity contribution in [2.45, 2.75) is 19.1 Å². The van der Waals surface area contributed by atoms with E-state index in [9.17, 15) is 14.7 Å². The molecule has 1 aliphatic rings. The van der Waals surface area contributed by atoms with E-state index in [2.05, 4.69) is 31.0 Å². The molecule has 1 saturated heterocycles. The van der Waals surface area contributed by atoms with Gasteiger partial charge in [-0.05, 0) is 24.3 Å². The molecule has 2 heterocycles. The molecule has 1 unspecified atom stereocenters. The summed E-state index contributed by atoms with van der Waals surface area (Å²) >= 11 is 3.32. The molecule has 1 aromatic heterocycles. The van der Waals surface area contributed by atoms with Gasteiger partial charge in [0.05, 0.1) is 18.3 Å². The molecule has 0 saturated carbocycles. The highest BCUT2D eigenvalue weighted by molar-refractivity contribution is 9.10. The van der Waals surface area contributed by atoms with Crippen LogP contribution < -0.4 is 15.1 Å². The maximum Gasteiger partial charge on any atom is 0.252 e. The summed E-state index contributed by atoms with van der Waals surface area (Å²) in [5.74, 6) is -1.26. The molecule has 1 aromatic carbocycles. The lowest BCUT2D eigenvalue weighted by atomic mass is 10.1. The Morgan fingerprint density at radius 3 is 2.85 bits per heavy atom. The summed E-state index contributed by atoms with van der Waals surface area (Å²) < 4.78 is 12.2. The quantitative estimate of drug-likeness (QED) is 0.680. The van der Waals surface area contributed by atoms with Crippen LogP contribution in [0.5, 0.6) is 5.95 Å². The molecule has 1 fully saturated rings. The fourth-order valence-electron chi connectivity index (χ4n) is 2.59. The number of carbonyl (C=O) groups is 2. The summed E-state index contributed by atoms with van der Waals surface area (Å²) in [5.41, 5.74) is 0.893. The van der Waals surface area contributed by atoms with Crippen LogP contribution >= 0.6 is 15.9 Å². The van der Waals surface area contributed by atoms with Crippen LogP contribution in [-0.2, 0) is 27.9 Å². The predicted molar refractivity (Wildman–Crippen MR) is 89.7 cm³/mol. The molecule has 138 valence electrons. The maximum absolute atomic E-state index is 12.6. The van der Waals surface area contributed by atoms with E-state index < -0.39 is 12.1 Å². The van der Waals surface area contributed by atoms with Crippen molar-refractivity contribution < 1.29 is 28.6 Å². The van der Waals surface area contributed by atoms with E-state index >= 15 is 0 Å². The van der Waals surface area contributed by atoms with Crippen LogP contribution in [0.25, 0.3) is 0 Å². The minimum absolute atomic E-state index is 0.0614. The summed E-state index contributed by atoms with van der Waals surface area (Å²) in [7, 11) is 1.56. The van der Waals surface area contributed by atoms with Gasteiger partial charge in [-0.25, -0.2) is 0 Å². The van der Waals surface area contributed by atoms with Gasteiger partial charge in [0.15, 0.2) is 13.0 Å². The van der Waals surface area contributed by atoms with Gasteiger partial charge in [0, 0.05) is 16.7 Å². The first kappa shape index (κ1) is 18.3. The Morgan fingerprint density at radius 2 is 2.19 bits per heavy atom. The van der Waals surface area contributed by atoms with Gasteiger partial charge in [0.1, 0.15) is 12.6 Å². The first-order chi connectivity index (χ1) is 12.4. The number of carbonyl (C=O) groups excluding carboxylic acids is 2. The van der Waals surface area contributed by atoms with Crippen LogP contribution in [0.3, 0.4) is 0 Å². The number of nitrogens with one attached hydrogen (secondary N) is 1. The van der Waals surface area contributed by atoms with Crippen LogP contribution in [-0.4, -0.2) is 41.2 Å². The number of hydrogen-bond acceptors (Lipinski definition) is 6. The van der Waals surface area contributed by atoms with E-state index in [1.54, 1.807) is 31.3 Å². The second-order valence-electron chi connectivity index (χ2n) is 5.81. The minimum Gasteiger partial charge on any atom is -0.539 e. The zero-order chi connectivity index (χ0) is 18.7. The van der Waals surface area contributed by atoms with Gasteiger partial charge in [0.25, 0.3) is 11.6 Å². The average molecular weight is 425 g/mol. The Bertz CT molecular complexity index is 788. The third kappa shape index (κ3) is 4.20. The average Bonchev–Trinajstić information content (AvgIpc) is 2.92. The topological polar surface area (TPSA) is 112 Å². The lowest BCUT2D eigenvalue weighted by Crippen LogP contribution is -2.50. The number of halogens is 1. The number of amides is 2. The van der Waals surface area contributed by atoms with Crippen molar-refractivity contribution in [3.05, 3.63) is 34.4 Å². The van der Waals surface area contributed by atoms with E-state index in [0.29, 0.717) is 12.2 Å². The first-order valence-corrected chi connectivity index (χ1v) is 8.71. The largest absolute Gasteiger partial charge is 0.539 e. The second kappa shape index (κ2) is 7.83.